The normalized spacial score (nSPS) is 17.7. The summed E-state index contributed by atoms with van der Waals surface area (Å²) < 4.78 is 28.4. The number of carbonyl (C=O) groups excluding carboxylic acids is 2. The van der Waals surface area contributed by atoms with Crippen LogP contribution >= 0.6 is 11.8 Å². The number of sulfonamides is 1. The number of piperidine rings is 1. The molecule has 2 aliphatic heterocycles. The molecule has 12 heteroatoms. The smallest absolute Gasteiger partial charge is 0.286 e. The number of benzene rings is 2. The van der Waals surface area contributed by atoms with Gasteiger partial charge in [-0.3, -0.25) is 9.59 Å². The lowest BCUT2D eigenvalue weighted by Crippen LogP contribution is -2.40. The Hall–Kier alpha value is -3.74. The summed E-state index contributed by atoms with van der Waals surface area (Å²) in [5.74, 6) is -0.801. The maximum absolute atomic E-state index is 12.9. The van der Waals surface area contributed by atoms with Gasteiger partial charge in [0.25, 0.3) is 5.91 Å². The lowest BCUT2D eigenvalue weighted by molar-refractivity contribution is -0.123. The third-order valence-electron chi connectivity index (χ3n) is 6.71. The summed E-state index contributed by atoms with van der Waals surface area (Å²) in [6, 6.07) is 16.1. The Balaban J connectivity index is 1.49. The number of hydrogen-bond donors (Lipinski definition) is 1. The van der Waals surface area contributed by atoms with Crippen LogP contribution in [-0.2, 0) is 19.6 Å². The van der Waals surface area contributed by atoms with Gasteiger partial charge in [0.1, 0.15) is 5.69 Å². The number of hydrogen-bond acceptors (Lipinski definition) is 7. The molecule has 1 fully saturated rings. The van der Waals surface area contributed by atoms with Gasteiger partial charge >= 0.3 is 0 Å². The van der Waals surface area contributed by atoms with Gasteiger partial charge in [-0.15, -0.1) is 0 Å². The number of primary amides is 1. The van der Waals surface area contributed by atoms with Crippen molar-refractivity contribution in [2.24, 2.45) is 16.6 Å². The van der Waals surface area contributed by atoms with E-state index >= 15 is 0 Å². The van der Waals surface area contributed by atoms with E-state index in [-0.39, 0.29) is 22.6 Å². The fourth-order valence-corrected chi connectivity index (χ4v) is 6.38. The van der Waals surface area contributed by atoms with Crippen molar-refractivity contribution in [2.75, 3.05) is 27.2 Å². The van der Waals surface area contributed by atoms with Gasteiger partial charge in [-0.25, -0.2) is 17.4 Å². The quantitative estimate of drug-likeness (QED) is 0.456. The number of thioether (sulfide) groups is 1. The van der Waals surface area contributed by atoms with Crippen LogP contribution in [-0.4, -0.2) is 71.6 Å². The van der Waals surface area contributed by atoms with Gasteiger partial charge in [-0.05, 0) is 54.9 Å². The van der Waals surface area contributed by atoms with E-state index in [4.69, 9.17) is 10.8 Å². The van der Waals surface area contributed by atoms with Crippen LogP contribution in [0.5, 0.6) is 0 Å². The third kappa shape index (κ3) is 5.54. The Morgan fingerprint density at radius 1 is 1.10 bits per heavy atom. The van der Waals surface area contributed by atoms with Crippen LogP contribution in [0.4, 0.5) is 0 Å². The Kier molecular flexibility index (Phi) is 7.43. The minimum absolute atomic E-state index is 0.147. The fraction of sp³-hybridized carbons (Fsp3) is 0.259. The van der Waals surface area contributed by atoms with Gasteiger partial charge in [-0.1, -0.05) is 30.3 Å². The maximum Gasteiger partial charge on any atom is 0.286 e. The first kappa shape index (κ1) is 26.9. The zero-order chi connectivity index (χ0) is 27.7. The highest BCUT2D eigenvalue weighted by Gasteiger charge is 2.31. The molecule has 202 valence electrons. The monoisotopic (exact) mass is 564 g/mol. The van der Waals surface area contributed by atoms with Gasteiger partial charge in [0, 0.05) is 50.4 Å². The molecule has 10 nitrogen and oxygen atoms in total. The maximum atomic E-state index is 12.9. The van der Waals surface area contributed by atoms with E-state index in [1.165, 1.54) is 25.9 Å². The highest BCUT2D eigenvalue weighted by atomic mass is 32.2. The van der Waals surface area contributed by atoms with Crippen LogP contribution in [0.25, 0.3) is 23.0 Å². The lowest BCUT2D eigenvalue weighted by atomic mass is 9.97. The molecule has 5 rings (SSSR count). The standard InChI is InChI=1S/C27H28N6O4S2/c1-31(2)39(36,37)22-10-6-7-19(15-22)24-20(17-33(30-24)21-8-4-3-5-9-21)16-23-26(35)29-27(38-23)32-13-11-18(12-14-32)25(28)34/h3-10,15-18H,11-14H2,1-2H3,(H2,28,34). The van der Waals surface area contributed by atoms with Crippen molar-refractivity contribution in [3.8, 4) is 16.9 Å². The minimum Gasteiger partial charge on any atom is -0.369 e. The Morgan fingerprint density at radius 2 is 1.82 bits per heavy atom. The molecule has 2 aliphatic rings. The SMILES string of the molecule is CN(C)S(=O)(=O)c1cccc(-c2nn(-c3ccccc3)cc2C=C2SC(N3CCC(C(N)=O)CC3)=NC2=O)c1. The fourth-order valence-electron chi connectivity index (χ4n) is 4.47. The highest BCUT2D eigenvalue weighted by Crippen LogP contribution is 2.35. The van der Waals surface area contributed by atoms with Crippen molar-refractivity contribution in [1.29, 1.82) is 0 Å². The van der Waals surface area contributed by atoms with E-state index in [9.17, 15) is 18.0 Å². The average Bonchev–Trinajstić information content (AvgIpc) is 3.53. The summed E-state index contributed by atoms with van der Waals surface area (Å²) in [6.45, 7) is 1.20. The van der Waals surface area contributed by atoms with Gasteiger partial charge in [-0.2, -0.15) is 10.1 Å². The van der Waals surface area contributed by atoms with Crippen LogP contribution < -0.4 is 5.73 Å². The van der Waals surface area contributed by atoms with Gasteiger partial charge < -0.3 is 10.6 Å². The number of para-hydroxylation sites is 1. The molecule has 2 amide bonds. The van der Waals surface area contributed by atoms with Crippen molar-refractivity contribution in [1.82, 2.24) is 19.0 Å². The van der Waals surface area contributed by atoms with E-state index in [0.29, 0.717) is 52.8 Å². The molecule has 39 heavy (non-hydrogen) atoms. The van der Waals surface area contributed by atoms with Crippen molar-refractivity contribution >= 4 is 44.8 Å². The second kappa shape index (κ2) is 10.8. The molecule has 0 aliphatic carbocycles. The van der Waals surface area contributed by atoms with Crippen molar-refractivity contribution in [2.45, 2.75) is 17.7 Å². The molecule has 0 bridgehead atoms. The van der Waals surface area contributed by atoms with E-state index in [1.807, 2.05) is 41.4 Å². The number of aliphatic imine (C=N–C) groups is 1. The molecule has 1 aromatic heterocycles. The molecule has 2 N–H and O–H groups in total. The van der Waals surface area contributed by atoms with Gasteiger partial charge in [0.15, 0.2) is 5.17 Å². The summed E-state index contributed by atoms with van der Waals surface area (Å²) in [6.07, 6.45) is 4.81. The molecule has 0 unspecified atom stereocenters. The molecule has 0 spiro atoms. The summed E-state index contributed by atoms with van der Waals surface area (Å²) in [5.41, 5.74) is 8.06. The van der Waals surface area contributed by atoms with Crippen molar-refractivity contribution in [3.63, 3.8) is 0 Å². The van der Waals surface area contributed by atoms with Crippen LogP contribution in [0.1, 0.15) is 18.4 Å². The minimum atomic E-state index is -3.65. The van der Waals surface area contributed by atoms with E-state index in [1.54, 1.807) is 35.0 Å². The number of amidine groups is 1. The topological polar surface area (TPSA) is 131 Å². The molecule has 2 aromatic carbocycles. The predicted molar refractivity (Wildman–Crippen MR) is 151 cm³/mol. The highest BCUT2D eigenvalue weighted by molar-refractivity contribution is 8.18. The molecular weight excluding hydrogens is 536 g/mol. The number of aromatic nitrogens is 2. The van der Waals surface area contributed by atoms with Crippen molar-refractivity contribution < 1.29 is 18.0 Å². The molecule has 0 radical (unpaired) electrons. The molecule has 3 heterocycles. The zero-order valence-electron chi connectivity index (χ0n) is 21.5. The molecule has 0 saturated carbocycles. The number of likely N-dealkylation sites (tertiary alicyclic amines) is 1. The van der Waals surface area contributed by atoms with Crippen LogP contribution in [0.3, 0.4) is 0 Å². The van der Waals surface area contributed by atoms with E-state index < -0.39 is 10.0 Å². The molecule has 0 atom stereocenters. The largest absolute Gasteiger partial charge is 0.369 e. The first-order chi connectivity index (χ1) is 18.6. The van der Waals surface area contributed by atoms with E-state index in [0.717, 1.165) is 9.99 Å². The summed E-state index contributed by atoms with van der Waals surface area (Å²) >= 11 is 1.28. The number of amides is 2. The first-order valence-corrected chi connectivity index (χ1v) is 14.6. The number of rotatable bonds is 6. The third-order valence-corrected chi connectivity index (χ3v) is 9.57. The van der Waals surface area contributed by atoms with Gasteiger partial charge in [0.05, 0.1) is 15.5 Å². The molecule has 3 aromatic rings. The zero-order valence-corrected chi connectivity index (χ0v) is 23.2. The Bertz CT molecular complexity index is 1590. The summed E-state index contributed by atoms with van der Waals surface area (Å²) in [4.78, 5) is 31.3. The Morgan fingerprint density at radius 3 is 2.49 bits per heavy atom. The molecule has 1 saturated heterocycles. The summed E-state index contributed by atoms with van der Waals surface area (Å²) in [5, 5.41) is 5.37. The second-order valence-electron chi connectivity index (χ2n) is 9.50. The number of nitrogens with two attached hydrogens (primary N) is 1. The van der Waals surface area contributed by atoms with Crippen molar-refractivity contribution in [3.05, 3.63) is 71.3 Å². The second-order valence-corrected chi connectivity index (χ2v) is 12.7. The number of nitrogens with zero attached hydrogens (tertiary/aromatic N) is 5. The first-order valence-electron chi connectivity index (χ1n) is 12.4. The van der Waals surface area contributed by atoms with Gasteiger partial charge in [0.2, 0.25) is 15.9 Å². The van der Waals surface area contributed by atoms with Crippen LogP contribution in [0, 0.1) is 5.92 Å². The Labute approximate surface area is 231 Å². The molecular formula is C27H28N6O4S2. The predicted octanol–water partition coefficient (Wildman–Crippen LogP) is 2.96. The van der Waals surface area contributed by atoms with Crippen LogP contribution in [0.15, 0.2) is 75.6 Å². The number of carbonyl (C=O) groups is 2. The average molecular weight is 565 g/mol. The van der Waals surface area contributed by atoms with Crippen LogP contribution in [0.2, 0.25) is 0 Å². The van der Waals surface area contributed by atoms with E-state index in [2.05, 4.69) is 4.99 Å². The summed E-state index contributed by atoms with van der Waals surface area (Å²) in [7, 11) is -0.684. The lowest BCUT2D eigenvalue weighted by Gasteiger charge is -2.31.